The van der Waals surface area contributed by atoms with Crippen LogP contribution in [0, 0.1) is 25.5 Å². The summed E-state index contributed by atoms with van der Waals surface area (Å²) in [6.07, 6.45) is 0. The molecule has 4 heteroatoms. The smallest absolute Gasteiger partial charge is 0.163 e. The Balaban J connectivity index is 2.10. The van der Waals surface area contributed by atoms with Gasteiger partial charge in [0.1, 0.15) is 12.4 Å². The first-order valence-electron chi connectivity index (χ1n) is 6.38. The summed E-state index contributed by atoms with van der Waals surface area (Å²) >= 11 is 0. The van der Waals surface area contributed by atoms with Crippen molar-refractivity contribution >= 4 is 0 Å². The Kier molecular flexibility index (Phi) is 4.35. The van der Waals surface area contributed by atoms with Crippen LogP contribution in [0.2, 0.25) is 0 Å². The van der Waals surface area contributed by atoms with Crippen molar-refractivity contribution in [3.8, 4) is 5.75 Å². The van der Waals surface area contributed by atoms with Crippen LogP contribution in [0.4, 0.5) is 8.78 Å². The van der Waals surface area contributed by atoms with Crippen molar-refractivity contribution in [3.05, 3.63) is 64.7 Å². The van der Waals surface area contributed by atoms with Crippen LogP contribution in [0.3, 0.4) is 0 Å². The lowest BCUT2D eigenvalue weighted by Crippen LogP contribution is -2.21. The first-order chi connectivity index (χ1) is 9.49. The largest absolute Gasteiger partial charge is 0.491 e. The zero-order valence-electron chi connectivity index (χ0n) is 11.5. The lowest BCUT2D eigenvalue weighted by atomic mass is 10.1. The van der Waals surface area contributed by atoms with Crippen LogP contribution in [0.1, 0.15) is 22.7 Å². The van der Waals surface area contributed by atoms with Gasteiger partial charge in [-0.1, -0.05) is 24.3 Å². The van der Waals surface area contributed by atoms with Crippen LogP contribution >= 0.6 is 0 Å². The van der Waals surface area contributed by atoms with Gasteiger partial charge in [-0.2, -0.15) is 0 Å². The van der Waals surface area contributed by atoms with Gasteiger partial charge in [-0.15, -0.1) is 0 Å². The molecule has 0 radical (unpaired) electrons. The molecule has 2 aromatic carbocycles. The van der Waals surface area contributed by atoms with Gasteiger partial charge in [0.05, 0.1) is 6.04 Å². The van der Waals surface area contributed by atoms with E-state index in [9.17, 15) is 8.78 Å². The molecule has 1 unspecified atom stereocenters. The van der Waals surface area contributed by atoms with E-state index < -0.39 is 17.7 Å². The van der Waals surface area contributed by atoms with Gasteiger partial charge in [0.25, 0.3) is 0 Å². The second kappa shape index (κ2) is 6.01. The van der Waals surface area contributed by atoms with Crippen molar-refractivity contribution in [2.75, 3.05) is 6.61 Å². The van der Waals surface area contributed by atoms with E-state index >= 15 is 0 Å². The minimum absolute atomic E-state index is 0.0880. The molecule has 1 atom stereocenters. The number of rotatable bonds is 4. The van der Waals surface area contributed by atoms with Crippen LogP contribution in [0.5, 0.6) is 5.75 Å². The van der Waals surface area contributed by atoms with Gasteiger partial charge in [-0.05, 0) is 37.1 Å². The predicted molar refractivity (Wildman–Crippen MR) is 74.7 cm³/mol. The van der Waals surface area contributed by atoms with Gasteiger partial charge in [-0.25, -0.2) is 8.78 Å². The normalized spacial score (nSPS) is 12.2. The second-order valence-corrected chi connectivity index (χ2v) is 4.83. The van der Waals surface area contributed by atoms with Crippen molar-refractivity contribution in [1.82, 2.24) is 0 Å². The van der Waals surface area contributed by atoms with Crippen molar-refractivity contribution in [2.45, 2.75) is 19.9 Å². The number of benzene rings is 2. The van der Waals surface area contributed by atoms with E-state index in [-0.39, 0.29) is 12.2 Å². The van der Waals surface area contributed by atoms with Gasteiger partial charge in [0, 0.05) is 5.56 Å². The van der Waals surface area contributed by atoms with Crippen LogP contribution in [-0.2, 0) is 0 Å². The van der Waals surface area contributed by atoms with Crippen molar-refractivity contribution in [3.63, 3.8) is 0 Å². The molecule has 106 valence electrons. The first kappa shape index (κ1) is 14.5. The maximum atomic E-state index is 13.6. The lowest BCUT2D eigenvalue weighted by molar-refractivity contribution is 0.285. The molecular weight excluding hydrogens is 260 g/mol. The fourth-order valence-corrected chi connectivity index (χ4v) is 1.94. The number of aryl methyl sites for hydroxylation is 2. The third kappa shape index (κ3) is 3.14. The van der Waals surface area contributed by atoms with Gasteiger partial charge in [-0.3, -0.25) is 0 Å². The number of nitrogens with two attached hydrogens (primary N) is 1. The third-order valence-corrected chi connectivity index (χ3v) is 3.14. The molecule has 0 heterocycles. The number of hydrogen-bond acceptors (Lipinski definition) is 2. The van der Waals surface area contributed by atoms with Crippen LogP contribution in [0.25, 0.3) is 0 Å². The molecule has 0 aliphatic rings. The van der Waals surface area contributed by atoms with Crippen molar-refractivity contribution in [2.24, 2.45) is 5.73 Å². The molecule has 0 spiro atoms. The average molecular weight is 277 g/mol. The van der Waals surface area contributed by atoms with E-state index in [1.165, 1.54) is 12.1 Å². The Bertz CT molecular complexity index is 613. The Hall–Kier alpha value is -1.94. The Morgan fingerprint density at radius 2 is 1.90 bits per heavy atom. The quantitative estimate of drug-likeness (QED) is 0.925. The molecule has 0 aliphatic heterocycles. The zero-order valence-corrected chi connectivity index (χ0v) is 11.5. The summed E-state index contributed by atoms with van der Waals surface area (Å²) in [5, 5.41) is 0. The Morgan fingerprint density at radius 3 is 2.65 bits per heavy atom. The summed E-state index contributed by atoms with van der Waals surface area (Å²) in [7, 11) is 0. The van der Waals surface area contributed by atoms with Crippen LogP contribution in [0.15, 0.2) is 36.4 Å². The van der Waals surface area contributed by atoms with E-state index in [0.29, 0.717) is 5.75 Å². The standard InChI is InChI=1S/C16H17F2NO/c1-10-6-7-11(2)15(8-10)20-9-14(19)12-4-3-5-13(17)16(12)18/h3-8,14H,9,19H2,1-2H3. The summed E-state index contributed by atoms with van der Waals surface area (Å²) in [4.78, 5) is 0. The molecule has 0 amide bonds. The fraction of sp³-hybridized carbons (Fsp3) is 0.250. The molecular formula is C16H17F2NO. The zero-order chi connectivity index (χ0) is 14.7. The lowest BCUT2D eigenvalue weighted by Gasteiger charge is -2.16. The molecule has 2 rings (SSSR count). The molecule has 0 aliphatic carbocycles. The van der Waals surface area contributed by atoms with Gasteiger partial charge in [0.2, 0.25) is 0 Å². The average Bonchev–Trinajstić information content (AvgIpc) is 2.42. The van der Waals surface area contributed by atoms with E-state index in [1.54, 1.807) is 0 Å². The van der Waals surface area contributed by atoms with E-state index in [4.69, 9.17) is 10.5 Å². The molecule has 2 nitrogen and oxygen atoms in total. The van der Waals surface area contributed by atoms with Gasteiger partial charge in [0.15, 0.2) is 11.6 Å². The van der Waals surface area contributed by atoms with E-state index in [0.717, 1.165) is 17.2 Å². The molecule has 2 aromatic rings. The van der Waals surface area contributed by atoms with Gasteiger partial charge >= 0.3 is 0 Å². The minimum atomic E-state index is -0.912. The number of ether oxygens (including phenoxy) is 1. The first-order valence-corrected chi connectivity index (χ1v) is 6.38. The van der Waals surface area contributed by atoms with E-state index in [1.807, 2.05) is 32.0 Å². The Labute approximate surface area is 117 Å². The van der Waals surface area contributed by atoms with Crippen LogP contribution in [-0.4, -0.2) is 6.61 Å². The highest BCUT2D eigenvalue weighted by Crippen LogP contribution is 2.22. The fourth-order valence-electron chi connectivity index (χ4n) is 1.94. The summed E-state index contributed by atoms with van der Waals surface area (Å²) in [5.41, 5.74) is 8.03. The summed E-state index contributed by atoms with van der Waals surface area (Å²) < 4.78 is 32.4. The number of hydrogen-bond donors (Lipinski definition) is 1. The molecule has 0 saturated heterocycles. The highest BCUT2D eigenvalue weighted by atomic mass is 19.2. The Morgan fingerprint density at radius 1 is 1.15 bits per heavy atom. The van der Waals surface area contributed by atoms with Crippen molar-refractivity contribution < 1.29 is 13.5 Å². The molecule has 0 bridgehead atoms. The molecule has 2 N–H and O–H groups in total. The summed E-state index contributed by atoms with van der Waals surface area (Å²) in [6, 6.07) is 9.07. The second-order valence-electron chi connectivity index (χ2n) is 4.83. The highest BCUT2D eigenvalue weighted by molar-refractivity contribution is 5.36. The monoisotopic (exact) mass is 277 g/mol. The molecule has 0 saturated carbocycles. The van der Waals surface area contributed by atoms with E-state index in [2.05, 4.69) is 0 Å². The maximum absolute atomic E-state index is 13.6. The summed E-state index contributed by atoms with van der Waals surface area (Å²) in [6.45, 7) is 3.96. The molecule has 20 heavy (non-hydrogen) atoms. The topological polar surface area (TPSA) is 35.2 Å². The van der Waals surface area contributed by atoms with Crippen molar-refractivity contribution in [1.29, 1.82) is 0 Å². The maximum Gasteiger partial charge on any atom is 0.163 e. The minimum Gasteiger partial charge on any atom is -0.491 e. The molecule has 0 aromatic heterocycles. The molecule has 0 fully saturated rings. The third-order valence-electron chi connectivity index (χ3n) is 3.14. The van der Waals surface area contributed by atoms with Gasteiger partial charge < -0.3 is 10.5 Å². The van der Waals surface area contributed by atoms with Crippen LogP contribution < -0.4 is 10.5 Å². The highest BCUT2D eigenvalue weighted by Gasteiger charge is 2.15. The summed E-state index contributed by atoms with van der Waals surface area (Å²) in [5.74, 6) is -1.11. The SMILES string of the molecule is Cc1ccc(C)c(OCC(N)c2cccc(F)c2F)c1. The number of halogens is 2. The predicted octanol–water partition coefficient (Wildman–Crippen LogP) is 3.66.